The Morgan fingerprint density at radius 1 is 1.33 bits per heavy atom. The summed E-state index contributed by atoms with van der Waals surface area (Å²) in [6.45, 7) is 2.63. The summed E-state index contributed by atoms with van der Waals surface area (Å²) in [5, 5.41) is 12.7. The van der Waals surface area contributed by atoms with Crippen molar-refractivity contribution in [3.05, 3.63) is 58.4 Å². The first kappa shape index (κ1) is 12.4. The lowest BCUT2D eigenvalue weighted by Crippen LogP contribution is -2.01. The highest BCUT2D eigenvalue weighted by Crippen LogP contribution is 2.23. The number of aromatic nitrogens is 1. The summed E-state index contributed by atoms with van der Waals surface area (Å²) in [5.74, 6) is 0. The standard InChI is InChI=1S/C14H12ClN3/c1-10-2-3-13(15)14(6-10)18-9-11-4-5-17-12(7-11)8-16/h2-7,18H,9H2,1H3. The molecule has 90 valence electrons. The number of rotatable bonds is 3. The van der Waals surface area contributed by atoms with Gasteiger partial charge in [0.25, 0.3) is 0 Å². The molecule has 18 heavy (non-hydrogen) atoms. The number of nitriles is 1. The molecule has 0 atom stereocenters. The van der Waals surface area contributed by atoms with Crippen molar-refractivity contribution in [2.75, 3.05) is 5.32 Å². The summed E-state index contributed by atoms with van der Waals surface area (Å²) in [7, 11) is 0. The van der Waals surface area contributed by atoms with Crippen LogP contribution in [0.15, 0.2) is 36.5 Å². The Kier molecular flexibility index (Phi) is 3.81. The van der Waals surface area contributed by atoms with Crippen LogP contribution in [-0.2, 0) is 6.54 Å². The third kappa shape index (κ3) is 2.99. The Balaban J connectivity index is 2.11. The van der Waals surface area contributed by atoms with E-state index in [4.69, 9.17) is 16.9 Å². The summed E-state index contributed by atoms with van der Waals surface area (Å²) in [6, 6.07) is 11.5. The molecule has 0 amide bonds. The van der Waals surface area contributed by atoms with Gasteiger partial charge in [0.15, 0.2) is 0 Å². The molecule has 1 N–H and O–H groups in total. The predicted octanol–water partition coefficient (Wildman–Crippen LogP) is 3.53. The monoisotopic (exact) mass is 257 g/mol. The second-order valence-corrected chi connectivity index (χ2v) is 4.41. The van der Waals surface area contributed by atoms with Crippen molar-refractivity contribution in [2.45, 2.75) is 13.5 Å². The van der Waals surface area contributed by atoms with E-state index in [9.17, 15) is 0 Å². The number of pyridine rings is 1. The largest absolute Gasteiger partial charge is 0.380 e. The van der Waals surface area contributed by atoms with Gasteiger partial charge in [0.1, 0.15) is 11.8 Å². The van der Waals surface area contributed by atoms with Crippen LogP contribution in [0.4, 0.5) is 5.69 Å². The second kappa shape index (κ2) is 5.52. The van der Waals surface area contributed by atoms with Crippen LogP contribution in [-0.4, -0.2) is 4.98 Å². The van der Waals surface area contributed by atoms with Crippen LogP contribution in [0.25, 0.3) is 0 Å². The molecule has 1 heterocycles. The van der Waals surface area contributed by atoms with E-state index in [0.717, 1.165) is 16.8 Å². The number of nitrogens with one attached hydrogen (secondary N) is 1. The van der Waals surface area contributed by atoms with Gasteiger partial charge in [-0.3, -0.25) is 0 Å². The first-order valence-electron chi connectivity index (χ1n) is 5.54. The Morgan fingerprint density at radius 2 is 2.17 bits per heavy atom. The first-order valence-corrected chi connectivity index (χ1v) is 5.92. The molecule has 1 aromatic heterocycles. The first-order chi connectivity index (χ1) is 8.69. The van der Waals surface area contributed by atoms with Crippen LogP contribution in [0.5, 0.6) is 0 Å². The van der Waals surface area contributed by atoms with Crippen LogP contribution in [0.1, 0.15) is 16.8 Å². The van der Waals surface area contributed by atoms with Gasteiger partial charge in [-0.25, -0.2) is 4.98 Å². The molecule has 2 rings (SSSR count). The van der Waals surface area contributed by atoms with Crippen molar-refractivity contribution in [2.24, 2.45) is 0 Å². The minimum Gasteiger partial charge on any atom is -0.380 e. The maximum Gasteiger partial charge on any atom is 0.140 e. The number of nitrogens with zero attached hydrogens (tertiary/aromatic N) is 2. The van der Waals surface area contributed by atoms with Gasteiger partial charge < -0.3 is 5.32 Å². The fourth-order valence-corrected chi connectivity index (χ4v) is 1.80. The SMILES string of the molecule is Cc1ccc(Cl)c(NCc2ccnc(C#N)c2)c1. The van der Waals surface area contributed by atoms with Gasteiger partial charge >= 0.3 is 0 Å². The summed E-state index contributed by atoms with van der Waals surface area (Å²) in [6.07, 6.45) is 1.63. The van der Waals surface area contributed by atoms with Gasteiger partial charge in [0, 0.05) is 12.7 Å². The van der Waals surface area contributed by atoms with Gasteiger partial charge in [-0.05, 0) is 42.3 Å². The third-order valence-electron chi connectivity index (χ3n) is 2.54. The average Bonchev–Trinajstić information content (AvgIpc) is 2.40. The molecular weight excluding hydrogens is 246 g/mol. The summed E-state index contributed by atoms with van der Waals surface area (Å²) < 4.78 is 0. The third-order valence-corrected chi connectivity index (χ3v) is 2.87. The van der Waals surface area contributed by atoms with E-state index >= 15 is 0 Å². The lowest BCUT2D eigenvalue weighted by molar-refractivity contribution is 1.11. The van der Waals surface area contributed by atoms with Crippen molar-refractivity contribution in [1.29, 1.82) is 5.26 Å². The van der Waals surface area contributed by atoms with Crippen molar-refractivity contribution in [1.82, 2.24) is 4.98 Å². The minimum atomic E-state index is 0.421. The van der Waals surface area contributed by atoms with Gasteiger partial charge in [-0.1, -0.05) is 17.7 Å². The minimum absolute atomic E-state index is 0.421. The van der Waals surface area contributed by atoms with E-state index in [1.165, 1.54) is 0 Å². The van der Waals surface area contributed by atoms with E-state index in [2.05, 4.69) is 10.3 Å². The maximum absolute atomic E-state index is 8.77. The number of aryl methyl sites for hydroxylation is 1. The van der Waals surface area contributed by atoms with Crippen LogP contribution in [0.2, 0.25) is 5.02 Å². The highest BCUT2D eigenvalue weighted by atomic mass is 35.5. The van der Waals surface area contributed by atoms with E-state index in [0.29, 0.717) is 17.3 Å². The molecule has 0 fully saturated rings. The predicted molar refractivity (Wildman–Crippen MR) is 72.5 cm³/mol. The fraction of sp³-hybridized carbons (Fsp3) is 0.143. The van der Waals surface area contributed by atoms with Crippen LogP contribution in [0.3, 0.4) is 0 Å². The van der Waals surface area contributed by atoms with E-state index < -0.39 is 0 Å². The van der Waals surface area contributed by atoms with Gasteiger partial charge in [0.05, 0.1) is 10.7 Å². The molecule has 4 heteroatoms. The smallest absolute Gasteiger partial charge is 0.140 e. The Morgan fingerprint density at radius 3 is 2.94 bits per heavy atom. The van der Waals surface area contributed by atoms with Crippen molar-refractivity contribution in [3.8, 4) is 6.07 Å². The van der Waals surface area contributed by atoms with Crippen molar-refractivity contribution < 1.29 is 0 Å². The molecule has 1 aromatic carbocycles. The molecule has 3 nitrogen and oxygen atoms in total. The van der Waals surface area contributed by atoms with E-state index in [1.807, 2.05) is 37.3 Å². The maximum atomic E-state index is 8.77. The molecule has 0 unspecified atom stereocenters. The lowest BCUT2D eigenvalue weighted by Gasteiger charge is -2.09. The van der Waals surface area contributed by atoms with Gasteiger partial charge in [-0.15, -0.1) is 0 Å². The van der Waals surface area contributed by atoms with Crippen LogP contribution in [0, 0.1) is 18.3 Å². The van der Waals surface area contributed by atoms with Crippen molar-refractivity contribution >= 4 is 17.3 Å². The molecule has 2 aromatic rings. The Labute approximate surface area is 111 Å². The highest BCUT2D eigenvalue weighted by molar-refractivity contribution is 6.33. The molecule has 0 aliphatic carbocycles. The fourth-order valence-electron chi connectivity index (χ4n) is 1.62. The quantitative estimate of drug-likeness (QED) is 0.915. The molecule has 0 saturated carbocycles. The topological polar surface area (TPSA) is 48.7 Å². The average molecular weight is 258 g/mol. The number of anilines is 1. The lowest BCUT2D eigenvalue weighted by atomic mass is 10.2. The Bertz CT molecular complexity index is 602. The van der Waals surface area contributed by atoms with E-state index in [1.54, 1.807) is 12.3 Å². The van der Waals surface area contributed by atoms with Gasteiger partial charge in [-0.2, -0.15) is 5.26 Å². The number of hydrogen-bond donors (Lipinski definition) is 1. The number of benzene rings is 1. The van der Waals surface area contributed by atoms with Crippen LogP contribution >= 0.6 is 11.6 Å². The zero-order valence-corrected chi connectivity index (χ0v) is 10.7. The molecule has 0 saturated heterocycles. The highest BCUT2D eigenvalue weighted by Gasteiger charge is 2.01. The van der Waals surface area contributed by atoms with Crippen molar-refractivity contribution in [3.63, 3.8) is 0 Å². The van der Waals surface area contributed by atoms with E-state index in [-0.39, 0.29) is 0 Å². The zero-order chi connectivity index (χ0) is 13.0. The molecule has 0 aliphatic rings. The molecule has 0 spiro atoms. The Hall–Kier alpha value is -2.05. The zero-order valence-electron chi connectivity index (χ0n) is 9.94. The summed E-state index contributed by atoms with van der Waals surface area (Å²) in [5.41, 5.74) is 3.46. The molecule has 0 aliphatic heterocycles. The normalized spacial score (nSPS) is 9.83. The molecular formula is C14H12ClN3. The summed E-state index contributed by atoms with van der Waals surface area (Å²) >= 11 is 6.09. The number of hydrogen-bond acceptors (Lipinski definition) is 3. The summed E-state index contributed by atoms with van der Waals surface area (Å²) in [4.78, 5) is 3.93. The second-order valence-electron chi connectivity index (χ2n) is 4.00. The number of halogens is 1. The molecule has 0 bridgehead atoms. The molecule has 0 radical (unpaired) electrons. The van der Waals surface area contributed by atoms with Crippen LogP contribution < -0.4 is 5.32 Å². The van der Waals surface area contributed by atoms with Gasteiger partial charge in [0.2, 0.25) is 0 Å².